The molecule has 1 unspecified atom stereocenters. The molecule has 2 heterocycles. The van der Waals surface area contributed by atoms with Crippen LogP contribution in [0.1, 0.15) is 31.7 Å². The van der Waals surface area contributed by atoms with Crippen LogP contribution in [-0.2, 0) is 10.3 Å². The van der Waals surface area contributed by atoms with Gasteiger partial charge in [0.2, 0.25) is 0 Å². The van der Waals surface area contributed by atoms with E-state index in [-0.39, 0.29) is 12.5 Å². The summed E-state index contributed by atoms with van der Waals surface area (Å²) in [6.07, 6.45) is 1.20. The Labute approximate surface area is 140 Å². The van der Waals surface area contributed by atoms with Crippen molar-refractivity contribution in [3.05, 3.63) is 23.8 Å². The molecule has 0 spiro atoms. The van der Waals surface area contributed by atoms with Gasteiger partial charge < -0.3 is 14.8 Å². The van der Waals surface area contributed by atoms with Crippen molar-refractivity contribution < 1.29 is 19.1 Å². The first-order valence-electron chi connectivity index (χ1n) is 8.03. The largest absolute Gasteiger partial charge is 0.486 e. The molecule has 2 aliphatic heterocycles. The highest BCUT2D eigenvalue weighted by atomic mass is 16.6. The van der Waals surface area contributed by atoms with Crippen LogP contribution in [0.25, 0.3) is 0 Å². The second-order valence-corrected chi connectivity index (χ2v) is 5.77. The Morgan fingerprint density at radius 1 is 1.29 bits per heavy atom. The minimum Gasteiger partial charge on any atom is -0.486 e. The topological polar surface area (TPSA) is 91.7 Å². The summed E-state index contributed by atoms with van der Waals surface area (Å²) in [4.78, 5) is 26.4. The molecule has 1 aromatic carbocycles. The zero-order valence-electron chi connectivity index (χ0n) is 13.5. The van der Waals surface area contributed by atoms with Crippen molar-refractivity contribution in [2.24, 2.45) is 0 Å². The first-order chi connectivity index (χ1) is 11.6. The molecule has 3 rings (SSSR count). The number of hydrogen-bond donors (Lipinski definition) is 1. The van der Waals surface area contributed by atoms with Crippen LogP contribution < -0.4 is 14.8 Å². The number of hydrogen-bond acceptors (Lipinski definition) is 5. The van der Waals surface area contributed by atoms with Crippen LogP contribution in [0.4, 0.5) is 4.79 Å². The highest BCUT2D eigenvalue weighted by Crippen LogP contribution is 2.38. The maximum absolute atomic E-state index is 12.9. The van der Waals surface area contributed by atoms with Gasteiger partial charge in [0.1, 0.15) is 18.8 Å². The fraction of sp³-hybridized carbons (Fsp3) is 0.471. The molecule has 1 saturated heterocycles. The lowest BCUT2D eigenvalue weighted by Crippen LogP contribution is -2.43. The number of nitrogens with one attached hydrogen (secondary N) is 1. The van der Waals surface area contributed by atoms with E-state index in [0.29, 0.717) is 49.5 Å². The quantitative estimate of drug-likeness (QED) is 0.658. The molecule has 1 atom stereocenters. The second-order valence-electron chi connectivity index (χ2n) is 5.77. The Balaban J connectivity index is 1.91. The molecule has 24 heavy (non-hydrogen) atoms. The van der Waals surface area contributed by atoms with Crippen molar-refractivity contribution in [3.8, 4) is 17.6 Å². The van der Waals surface area contributed by atoms with Crippen molar-refractivity contribution in [1.29, 1.82) is 5.26 Å². The van der Waals surface area contributed by atoms with Crippen molar-refractivity contribution in [2.45, 2.75) is 31.7 Å². The van der Waals surface area contributed by atoms with Crippen LogP contribution in [0.5, 0.6) is 11.5 Å². The molecule has 0 saturated carbocycles. The SMILES string of the molecule is CCC1(c2ccc3c(c2)OCCO3)NC(=O)N(CCCC#N)C1=O. The van der Waals surface area contributed by atoms with Crippen LogP contribution in [0.2, 0.25) is 0 Å². The standard InChI is InChI=1S/C17H19N3O4/c1-2-17(12-5-6-13-14(11-12)24-10-9-23-13)15(21)20(16(22)19-17)8-4-3-7-18/h5-6,11H,2-4,8-10H2,1H3,(H,19,22). The molecule has 126 valence electrons. The maximum Gasteiger partial charge on any atom is 0.325 e. The number of carbonyl (C=O) groups is 2. The lowest BCUT2D eigenvalue weighted by atomic mass is 9.87. The zero-order valence-corrected chi connectivity index (χ0v) is 13.5. The molecular weight excluding hydrogens is 310 g/mol. The summed E-state index contributed by atoms with van der Waals surface area (Å²) in [5.41, 5.74) is -0.421. The molecule has 0 bridgehead atoms. The summed E-state index contributed by atoms with van der Waals surface area (Å²) in [7, 11) is 0. The molecule has 1 aromatic rings. The lowest BCUT2D eigenvalue weighted by Gasteiger charge is -2.27. The number of fused-ring (bicyclic) bond motifs is 1. The maximum atomic E-state index is 12.9. The van der Waals surface area contributed by atoms with E-state index in [2.05, 4.69) is 5.32 Å². The van der Waals surface area contributed by atoms with Crippen LogP contribution in [0, 0.1) is 11.3 Å². The van der Waals surface area contributed by atoms with E-state index in [9.17, 15) is 9.59 Å². The Hall–Kier alpha value is -2.75. The van der Waals surface area contributed by atoms with E-state index in [1.807, 2.05) is 13.0 Å². The number of nitrogens with zero attached hydrogens (tertiary/aromatic N) is 2. The minimum atomic E-state index is -1.10. The summed E-state index contributed by atoms with van der Waals surface area (Å²) < 4.78 is 11.1. The van der Waals surface area contributed by atoms with Gasteiger partial charge in [-0.2, -0.15) is 5.26 Å². The smallest absolute Gasteiger partial charge is 0.325 e. The monoisotopic (exact) mass is 329 g/mol. The van der Waals surface area contributed by atoms with E-state index in [1.54, 1.807) is 18.2 Å². The summed E-state index contributed by atoms with van der Waals surface area (Å²) in [5, 5.41) is 11.5. The van der Waals surface area contributed by atoms with Crippen LogP contribution >= 0.6 is 0 Å². The Bertz CT molecular complexity index is 712. The fourth-order valence-electron chi connectivity index (χ4n) is 3.09. The number of benzene rings is 1. The third-order valence-corrected chi connectivity index (χ3v) is 4.41. The number of amides is 3. The minimum absolute atomic E-state index is 0.241. The van der Waals surface area contributed by atoms with Gasteiger partial charge in [0, 0.05) is 13.0 Å². The Kier molecular flexibility index (Phi) is 4.30. The summed E-state index contributed by atoms with van der Waals surface area (Å²) in [6, 6.07) is 6.91. The number of rotatable bonds is 5. The second kappa shape index (κ2) is 6.40. The molecular formula is C17H19N3O4. The molecule has 1 fully saturated rings. The number of nitriles is 1. The molecule has 3 amide bonds. The number of ether oxygens (including phenoxy) is 2. The van der Waals surface area contributed by atoms with Crippen LogP contribution in [-0.4, -0.2) is 36.6 Å². The van der Waals surface area contributed by atoms with Gasteiger partial charge >= 0.3 is 6.03 Å². The molecule has 0 aliphatic carbocycles. The summed E-state index contributed by atoms with van der Waals surface area (Å²) in [6.45, 7) is 3.04. The lowest BCUT2D eigenvalue weighted by molar-refractivity contribution is -0.131. The molecule has 7 heteroatoms. The first-order valence-corrected chi connectivity index (χ1v) is 8.03. The average Bonchev–Trinajstić information content (AvgIpc) is 2.86. The predicted molar refractivity (Wildman–Crippen MR) is 84.5 cm³/mol. The van der Waals surface area contributed by atoms with Gasteiger partial charge in [0.25, 0.3) is 5.91 Å². The summed E-state index contributed by atoms with van der Waals surface area (Å²) >= 11 is 0. The van der Waals surface area contributed by atoms with Crippen LogP contribution in [0.3, 0.4) is 0 Å². The predicted octanol–water partition coefficient (Wildman–Crippen LogP) is 1.92. The van der Waals surface area contributed by atoms with E-state index < -0.39 is 11.6 Å². The van der Waals surface area contributed by atoms with Gasteiger partial charge in [-0.3, -0.25) is 9.69 Å². The molecule has 2 aliphatic rings. The van der Waals surface area contributed by atoms with E-state index in [0.717, 1.165) is 0 Å². The zero-order chi connectivity index (χ0) is 17.2. The third-order valence-electron chi connectivity index (χ3n) is 4.41. The first kappa shape index (κ1) is 16.1. The summed E-state index contributed by atoms with van der Waals surface area (Å²) in [5.74, 6) is 0.931. The van der Waals surface area contributed by atoms with Crippen molar-refractivity contribution >= 4 is 11.9 Å². The number of urea groups is 1. The number of unbranched alkanes of at least 4 members (excludes halogenated alkanes) is 1. The van der Waals surface area contributed by atoms with Crippen molar-refractivity contribution in [1.82, 2.24) is 10.2 Å². The van der Waals surface area contributed by atoms with Gasteiger partial charge in [-0.25, -0.2) is 4.79 Å². The van der Waals surface area contributed by atoms with Crippen LogP contribution in [0.15, 0.2) is 18.2 Å². The van der Waals surface area contributed by atoms with Gasteiger partial charge in [0.05, 0.1) is 6.07 Å². The number of carbonyl (C=O) groups excluding carboxylic acids is 2. The normalized spacial score (nSPS) is 22.2. The van der Waals surface area contributed by atoms with E-state index in [1.165, 1.54) is 4.90 Å². The van der Waals surface area contributed by atoms with Gasteiger partial charge in [0.15, 0.2) is 11.5 Å². The fourth-order valence-corrected chi connectivity index (χ4v) is 3.09. The van der Waals surface area contributed by atoms with Gasteiger partial charge in [-0.05, 0) is 30.5 Å². The highest BCUT2D eigenvalue weighted by molar-refractivity contribution is 6.07. The van der Waals surface area contributed by atoms with E-state index in [4.69, 9.17) is 14.7 Å². The van der Waals surface area contributed by atoms with Gasteiger partial charge in [-0.15, -0.1) is 0 Å². The highest BCUT2D eigenvalue weighted by Gasteiger charge is 2.51. The van der Waals surface area contributed by atoms with Gasteiger partial charge in [-0.1, -0.05) is 13.0 Å². The third kappa shape index (κ3) is 2.54. The Morgan fingerprint density at radius 2 is 2.04 bits per heavy atom. The number of imide groups is 1. The molecule has 7 nitrogen and oxygen atoms in total. The Morgan fingerprint density at radius 3 is 2.75 bits per heavy atom. The molecule has 1 N–H and O–H groups in total. The molecule has 0 radical (unpaired) electrons. The van der Waals surface area contributed by atoms with Crippen molar-refractivity contribution in [2.75, 3.05) is 19.8 Å². The average molecular weight is 329 g/mol. The molecule has 0 aromatic heterocycles. The van der Waals surface area contributed by atoms with E-state index >= 15 is 0 Å². The van der Waals surface area contributed by atoms with Crippen molar-refractivity contribution in [3.63, 3.8) is 0 Å².